The van der Waals surface area contributed by atoms with Crippen LogP contribution in [0.1, 0.15) is 9.67 Å². The largest absolute Gasteiger partial charge is 0.497 e. The maximum absolute atomic E-state index is 12.4. The Hall–Kier alpha value is -2.15. The Morgan fingerprint density at radius 3 is 2.67 bits per heavy atom. The van der Waals surface area contributed by atoms with E-state index in [1.807, 2.05) is 48.5 Å². The molecule has 0 atom stereocenters. The molecule has 0 fully saturated rings. The lowest BCUT2D eigenvalue weighted by atomic mass is 10.2. The van der Waals surface area contributed by atoms with E-state index in [0.717, 1.165) is 15.8 Å². The predicted molar refractivity (Wildman–Crippen MR) is 104 cm³/mol. The van der Waals surface area contributed by atoms with Crippen LogP contribution < -0.4 is 15.4 Å². The third-order valence-corrected chi connectivity index (χ3v) is 5.16. The summed E-state index contributed by atoms with van der Waals surface area (Å²) >= 11 is 12.8. The molecule has 2 aromatic carbocycles. The Balaban J connectivity index is 1.78. The van der Waals surface area contributed by atoms with Gasteiger partial charge in [-0.05, 0) is 42.5 Å². The van der Waals surface area contributed by atoms with Gasteiger partial charge in [-0.25, -0.2) is 0 Å². The molecule has 3 aromatic rings. The summed E-state index contributed by atoms with van der Waals surface area (Å²) in [6, 6.07) is 14.9. The van der Waals surface area contributed by atoms with Gasteiger partial charge in [0.05, 0.1) is 12.1 Å². The molecule has 0 saturated heterocycles. The molecular formula is C17H13ClN2O2S2. The standard InChI is InChI=1S/C17H13ClN2O2S2/c1-22-11-7-8-12-13(9-11)24-15(14(12)18)16(21)20-17(23)19-10-5-3-2-4-6-10/h2-9H,1H3,(H2,19,20,21,23). The van der Waals surface area contributed by atoms with Gasteiger partial charge in [-0.15, -0.1) is 11.3 Å². The monoisotopic (exact) mass is 376 g/mol. The summed E-state index contributed by atoms with van der Waals surface area (Å²) in [5, 5.41) is 7.05. The van der Waals surface area contributed by atoms with Crippen molar-refractivity contribution < 1.29 is 9.53 Å². The van der Waals surface area contributed by atoms with Gasteiger partial charge in [0, 0.05) is 15.8 Å². The Kier molecular flexibility index (Phi) is 4.99. The van der Waals surface area contributed by atoms with Crippen molar-refractivity contribution in [1.82, 2.24) is 5.32 Å². The van der Waals surface area contributed by atoms with E-state index in [0.29, 0.717) is 15.6 Å². The van der Waals surface area contributed by atoms with Crippen LogP contribution in [0.3, 0.4) is 0 Å². The first-order valence-electron chi connectivity index (χ1n) is 7.02. The zero-order chi connectivity index (χ0) is 17.1. The van der Waals surface area contributed by atoms with E-state index in [9.17, 15) is 4.79 Å². The Morgan fingerprint density at radius 2 is 1.96 bits per heavy atom. The fourth-order valence-corrected chi connectivity index (χ4v) is 3.81. The number of thiophene rings is 1. The highest BCUT2D eigenvalue weighted by atomic mass is 35.5. The molecule has 2 N–H and O–H groups in total. The van der Waals surface area contributed by atoms with Crippen molar-refractivity contribution in [1.29, 1.82) is 0 Å². The number of hydrogen-bond donors (Lipinski definition) is 2. The molecule has 0 aliphatic rings. The van der Waals surface area contributed by atoms with E-state index >= 15 is 0 Å². The SMILES string of the molecule is COc1ccc2c(Cl)c(C(=O)NC(=S)Nc3ccccc3)sc2c1. The number of rotatable bonds is 3. The molecule has 0 saturated carbocycles. The lowest BCUT2D eigenvalue weighted by Crippen LogP contribution is -2.33. The van der Waals surface area contributed by atoms with E-state index in [1.165, 1.54) is 11.3 Å². The van der Waals surface area contributed by atoms with E-state index in [-0.39, 0.29) is 11.0 Å². The lowest BCUT2D eigenvalue weighted by Gasteiger charge is -2.08. The first kappa shape index (κ1) is 16.7. The number of ether oxygens (including phenoxy) is 1. The average Bonchev–Trinajstić information content (AvgIpc) is 2.92. The van der Waals surface area contributed by atoms with Crippen LogP contribution >= 0.6 is 35.2 Å². The van der Waals surface area contributed by atoms with Crippen LogP contribution in [-0.2, 0) is 0 Å². The highest BCUT2D eigenvalue weighted by molar-refractivity contribution is 7.80. The molecule has 3 rings (SSSR count). The fourth-order valence-electron chi connectivity index (χ4n) is 2.16. The molecule has 0 spiro atoms. The molecule has 122 valence electrons. The van der Waals surface area contributed by atoms with Gasteiger partial charge in [-0.2, -0.15) is 0 Å². The Labute approximate surface area is 153 Å². The molecule has 0 aliphatic heterocycles. The molecule has 0 radical (unpaired) electrons. The third-order valence-electron chi connectivity index (χ3n) is 3.30. The summed E-state index contributed by atoms with van der Waals surface area (Å²) in [6.07, 6.45) is 0. The molecule has 0 aliphatic carbocycles. The average molecular weight is 377 g/mol. The minimum Gasteiger partial charge on any atom is -0.497 e. The number of benzene rings is 2. The highest BCUT2D eigenvalue weighted by Crippen LogP contribution is 2.37. The number of amides is 1. The van der Waals surface area contributed by atoms with Gasteiger partial charge in [0.15, 0.2) is 5.11 Å². The van der Waals surface area contributed by atoms with Crippen LogP contribution in [0.4, 0.5) is 5.69 Å². The first-order chi connectivity index (χ1) is 11.6. The highest BCUT2D eigenvalue weighted by Gasteiger charge is 2.18. The molecule has 24 heavy (non-hydrogen) atoms. The summed E-state index contributed by atoms with van der Waals surface area (Å²) in [5.41, 5.74) is 0.801. The van der Waals surface area contributed by atoms with Crippen LogP contribution in [0, 0.1) is 0 Å². The second-order valence-corrected chi connectivity index (χ2v) is 6.72. The van der Waals surface area contributed by atoms with Gasteiger partial charge in [0.1, 0.15) is 10.6 Å². The van der Waals surface area contributed by atoms with E-state index < -0.39 is 0 Å². The summed E-state index contributed by atoms with van der Waals surface area (Å²) in [7, 11) is 1.59. The van der Waals surface area contributed by atoms with E-state index in [1.54, 1.807) is 7.11 Å². The number of thiocarbonyl (C=S) groups is 1. The van der Waals surface area contributed by atoms with Crippen LogP contribution in [-0.4, -0.2) is 18.1 Å². The fraction of sp³-hybridized carbons (Fsp3) is 0.0588. The number of anilines is 1. The number of carbonyl (C=O) groups is 1. The van der Waals surface area contributed by atoms with Crippen molar-refractivity contribution in [2.45, 2.75) is 0 Å². The van der Waals surface area contributed by atoms with Gasteiger partial charge in [-0.3, -0.25) is 10.1 Å². The topological polar surface area (TPSA) is 50.4 Å². The van der Waals surface area contributed by atoms with Crippen molar-refractivity contribution in [2.24, 2.45) is 0 Å². The molecule has 1 aromatic heterocycles. The molecular weight excluding hydrogens is 364 g/mol. The molecule has 7 heteroatoms. The first-order valence-corrected chi connectivity index (χ1v) is 8.62. The minimum absolute atomic E-state index is 0.220. The number of carbonyl (C=O) groups excluding carboxylic acids is 1. The molecule has 1 amide bonds. The Bertz CT molecular complexity index is 910. The van der Waals surface area contributed by atoms with Crippen LogP contribution in [0.15, 0.2) is 48.5 Å². The maximum Gasteiger partial charge on any atom is 0.269 e. The van der Waals surface area contributed by atoms with Crippen LogP contribution in [0.5, 0.6) is 5.75 Å². The van der Waals surface area contributed by atoms with E-state index in [4.69, 9.17) is 28.6 Å². The zero-order valence-corrected chi connectivity index (χ0v) is 15.0. The van der Waals surface area contributed by atoms with Gasteiger partial charge in [0.25, 0.3) is 5.91 Å². The van der Waals surface area contributed by atoms with E-state index in [2.05, 4.69) is 10.6 Å². The van der Waals surface area contributed by atoms with Gasteiger partial charge in [-0.1, -0.05) is 29.8 Å². The van der Waals surface area contributed by atoms with Crippen molar-refractivity contribution in [3.63, 3.8) is 0 Å². The van der Waals surface area contributed by atoms with Crippen LogP contribution in [0.25, 0.3) is 10.1 Å². The summed E-state index contributed by atoms with van der Waals surface area (Å²) < 4.78 is 6.08. The quantitative estimate of drug-likeness (QED) is 0.651. The molecule has 0 bridgehead atoms. The summed E-state index contributed by atoms with van der Waals surface area (Å²) in [6.45, 7) is 0. The smallest absolute Gasteiger partial charge is 0.269 e. The van der Waals surface area contributed by atoms with Gasteiger partial charge < -0.3 is 10.1 Å². The molecule has 0 unspecified atom stereocenters. The zero-order valence-electron chi connectivity index (χ0n) is 12.6. The van der Waals surface area contributed by atoms with Crippen molar-refractivity contribution in [3.8, 4) is 5.75 Å². The summed E-state index contributed by atoms with van der Waals surface area (Å²) in [4.78, 5) is 12.9. The van der Waals surface area contributed by atoms with Gasteiger partial charge in [0.2, 0.25) is 0 Å². The maximum atomic E-state index is 12.4. The predicted octanol–water partition coefficient (Wildman–Crippen LogP) is 4.69. The number of hydrogen-bond acceptors (Lipinski definition) is 4. The van der Waals surface area contributed by atoms with Crippen molar-refractivity contribution >= 4 is 61.9 Å². The summed E-state index contributed by atoms with van der Waals surface area (Å²) in [5.74, 6) is 0.377. The Morgan fingerprint density at radius 1 is 1.21 bits per heavy atom. The third kappa shape index (κ3) is 3.51. The van der Waals surface area contributed by atoms with Crippen LogP contribution in [0.2, 0.25) is 5.02 Å². The molecule has 1 heterocycles. The number of fused-ring (bicyclic) bond motifs is 1. The lowest BCUT2D eigenvalue weighted by molar-refractivity contribution is 0.0982. The second-order valence-electron chi connectivity index (χ2n) is 4.88. The normalized spacial score (nSPS) is 10.4. The van der Waals surface area contributed by atoms with Crippen molar-refractivity contribution in [2.75, 3.05) is 12.4 Å². The molecule has 4 nitrogen and oxygen atoms in total. The number of nitrogens with one attached hydrogen (secondary N) is 2. The second kappa shape index (κ2) is 7.17. The minimum atomic E-state index is -0.339. The van der Waals surface area contributed by atoms with Gasteiger partial charge >= 0.3 is 0 Å². The number of para-hydroxylation sites is 1. The number of methoxy groups -OCH3 is 1. The van der Waals surface area contributed by atoms with Crippen molar-refractivity contribution in [3.05, 3.63) is 58.4 Å². The number of halogens is 1.